The third-order valence-corrected chi connectivity index (χ3v) is 6.81. The predicted octanol–water partition coefficient (Wildman–Crippen LogP) is 4.57. The van der Waals surface area contributed by atoms with Gasteiger partial charge in [0.25, 0.3) is 10.0 Å². The van der Waals surface area contributed by atoms with Crippen molar-refractivity contribution in [2.45, 2.75) is 11.8 Å². The van der Waals surface area contributed by atoms with Gasteiger partial charge in [0.2, 0.25) is 0 Å². The van der Waals surface area contributed by atoms with Gasteiger partial charge in [-0.2, -0.15) is 0 Å². The molecule has 0 atom stereocenters. The van der Waals surface area contributed by atoms with Crippen molar-refractivity contribution in [1.29, 1.82) is 0 Å². The van der Waals surface area contributed by atoms with E-state index in [0.29, 0.717) is 36.0 Å². The Morgan fingerprint density at radius 3 is 2.44 bits per heavy atom. The molecule has 3 aromatic carbocycles. The first kappa shape index (κ1) is 21.6. The SMILES string of the molecule is CC(=O)c1cccc(S(=O)(=O)N(CC=Cc2ccccc2)c2ccc3c(c2)OCCO3)c1. The molecule has 0 unspecified atom stereocenters. The molecule has 32 heavy (non-hydrogen) atoms. The normalized spacial score (nSPS) is 13.2. The summed E-state index contributed by atoms with van der Waals surface area (Å²) in [5, 5.41) is 0. The van der Waals surface area contributed by atoms with Crippen LogP contribution in [0.3, 0.4) is 0 Å². The summed E-state index contributed by atoms with van der Waals surface area (Å²) in [6, 6.07) is 20.8. The Balaban J connectivity index is 1.73. The molecule has 0 radical (unpaired) electrons. The minimum absolute atomic E-state index is 0.0493. The fraction of sp³-hybridized carbons (Fsp3) is 0.160. The number of benzene rings is 3. The molecule has 0 aliphatic carbocycles. The lowest BCUT2D eigenvalue weighted by molar-refractivity contribution is 0.101. The maximum Gasteiger partial charge on any atom is 0.264 e. The van der Waals surface area contributed by atoms with Crippen molar-refractivity contribution >= 4 is 27.6 Å². The molecular weight excluding hydrogens is 426 g/mol. The average molecular weight is 450 g/mol. The number of hydrogen-bond donors (Lipinski definition) is 0. The van der Waals surface area contributed by atoms with E-state index in [-0.39, 0.29) is 17.2 Å². The summed E-state index contributed by atoms with van der Waals surface area (Å²) in [5.74, 6) is 0.881. The van der Waals surface area contributed by atoms with Crippen LogP contribution in [0.15, 0.2) is 83.8 Å². The summed E-state index contributed by atoms with van der Waals surface area (Å²) in [6.45, 7) is 2.36. The molecule has 0 saturated heterocycles. The van der Waals surface area contributed by atoms with Gasteiger partial charge in [-0.25, -0.2) is 8.42 Å². The van der Waals surface area contributed by atoms with Crippen molar-refractivity contribution < 1.29 is 22.7 Å². The van der Waals surface area contributed by atoms with Crippen LogP contribution < -0.4 is 13.8 Å². The summed E-state index contributed by atoms with van der Waals surface area (Å²) in [7, 11) is -3.96. The average Bonchev–Trinajstić information content (AvgIpc) is 2.82. The standard InChI is InChI=1S/C25H23NO5S/c1-19(27)21-10-5-11-23(17-21)32(28,29)26(14-6-9-20-7-3-2-4-8-20)22-12-13-24-25(18-22)31-16-15-30-24/h2-13,17-18H,14-16H2,1H3. The van der Waals surface area contributed by atoms with Crippen molar-refractivity contribution in [3.05, 3.63) is 90.0 Å². The van der Waals surface area contributed by atoms with Gasteiger partial charge in [-0.1, -0.05) is 54.6 Å². The van der Waals surface area contributed by atoms with Crippen LogP contribution in [0.25, 0.3) is 6.08 Å². The van der Waals surface area contributed by atoms with E-state index in [1.807, 2.05) is 36.4 Å². The molecule has 1 aliphatic rings. The molecule has 0 fully saturated rings. The second-order valence-electron chi connectivity index (χ2n) is 7.26. The van der Waals surface area contributed by atoms with Crippen LogP contribution in [0.5, 0.6) is 11.5 Å². The summed E-state index contributed by atoms with van der Waals surface area (Å²) < 4.78 is 39.8. The molecule has 0 N–H and O–H groups in total. The molecule has 0 bridgehead atoms. The minimum Gasteiger partial charge on any atom is -0.486 e. The van der Waals surface area contributed by atoms with E-state index in [1.54, 1.807) is 36.4 Å². The number of rotatable bonds is 7. The van der Waals surface area contributed by atoms with Gasteiger partial charge in [0.15, 0.2) is 17.3 Å². The van der Waals surface area contributed by atoms with Gasteiger partial charge in [0.05, 0.1) is 17.1 Å². The lowest BCUT2D eigenvalue weighted by Crippen LogP contribution is -2.31. The Morgan fingerprint density at radius 2 is 1.69 bits per heavy atom. The highest BCUT2D eigenvalue weighted by Crippen LogP contribution is 2.35. The number of anilines is 1. The molecule has 6 nitrogen and oxygen atoms in total. The highest BCUT2D eigenvalue weighted by Gasteiger charge is 2.26. The molecule has 4 rings (SSSR count). The number of Topliss-reactive ketones (excluding diaryl/α,β-unsaturated/α-hetero) is 1. The van der Waals surface area contributed by atoms with Gasteiger partial charge in [0.1, 0.15) is 13.2 Å². The maximum absolute atomic E-state index is 13.6. The molecule has 3 aromatic rings. The van der Waals surface area contributed by atoms with Crippen molar-refractivity contribution in [2.24, 2.45) is 0 Å². The number of ether oxygens (including phenoxy) is 2. The zero-order valence-corrected chi connectivity index (χ0v) is 18.4. The topological polar surface area (TPSA) is 72.9 Å². The quantitative estimate of drug-likeness (QED) is 0.494. The minimum atomic E-state index is -3.96. The van der Waals surface area contributed by atoms with Gasteiger partial charge in [0, 0.05) is 11.6 Å². The molecule has 1 aliphatic heterocycles. The van der Waals surface area contributed by atoms with E-state index in [9.17, 15) is 13.2 Å². The van der Waals surface area contributed by atoms with E-state index in [4.69, 9.17) is 9.47 Å². The van der Waals surface area contributed by atoms with Gasteiger partial charge in [-0.3, -0.25) is 9.10 Å². The van der Waals surface area contributed by atoms with Crippen LogP contribution >= 0.6 is 0 Å². The number of hydrogen-bond acceptors (Lipinski definition) is 5. The number of ketones is 1. The van der Waals surface area contributed by atoms with Crippen molar-refractivity contribution in [3.63, 3.8) is 0 Å². The molecule has 0 aromatic heterocycles. The zero-order chi connectivity index (χ0) is 22.6. The number of carbonyl (C=O) groups is 1. The zero-order valence-electron chi connectivity index (χ0n) is 17.6. The number of carbonyl (C=O) groups excluding carboxylic acids is 1. The number of sulfonamides is 1. The highest BCUT2D eigenvalue weighted by molar-refractivity contribution is 7.92. The Morgan fingerprint density at radius 1 is 0.938 bits per heavy atom. The maximum atomic E-state index is 13.6. The van der Waals surface area contributed by atoms with Crippen LogP contribution in [-0.2, 0) is 10.0 Å². The summed E-state index contributed by atoms with van der Waals surface area (Å²) in [4.78, 5) is 11.9. The highest BCUT2D eigenvalue weighted by atomic mass is 32.2. The second-order valence-corrected chi connectivity index (χ2v) is 9.12. The fourth-order valence-electron chi connectivity index (χ4n) is 3.38. The van der Waals surface area contributed by atoms with E-state index in [1.165, 1.54) is 23.4 Å². The van der Waals surface area contributed by atoms with Crippen molar-refractivity contribution in [3.8, 4) is 11.5 Å². The predicted molar refractivity (Wildman–Crippen MR) is 124 cm³/mol. The van der Waals surface area contributed by atoms with Gasteiger partial charge in [-0.05, 0) is 36.8 Å². The van der Waals surface area contributed by atoms with E-state index < -0.39 is 10.0 Å². The fourth-order valence-corrected chi connectivity index (χ4v) is 4.84. The van der Waals surface area contributed by atoms with Gasteiger partial charge >= 0.3 is 0 Å². The lowest BCUT2D eigenvalue weighted by atomic mass is 10.2. The molecule has 1 heterocycles. The van der Waals surface area contributed by atoms with Gasteiger partial charge in [-0.15, -0.1) is 0 Å². The third kappa shape index (κ3) is 4.68. The Kier molecular flexibility index (Phi) is 6.28. The van der Waals surface area contributed by atoms with Crippen LogP contribution in [0.4, 0.5) is 5.69 Å². The summed E-state index contributed by atoms with van der Waals surface area (Å²) in [6.07, 6.45) is 3.66. The number of nitrogens with zero attached hydrogens (tertiary/aromatic N) is 1. The summed E-state index contributed by atoms with van der Waals surface area (Å²) in [5.41, 5.74) is 1.75. The second kappa shape index (κ2) is 9.28. The van der Waals surface area contributed by atoms with Crippen LogP contribution in [0.1, 0.15) is 22.8 Å². The smallest absolute Gasteiger partial charge is 0.264 e. The summed E-state index contributed by atoms with van der Waals surface area (Å²) >= 11 is 0. The van der Waals surface area contributed by atoms with E-state index >= 15 is 0 Å². The van der Waals surface area contributed by atoms with Crippen LogP contribution in [0, 0.1) is 0 Å². The largest absolute Gasteiger partial charge is 0.486 e. The first-order chi connectivity index (χ1) is 15.4. The number of fused-ring (bicyclic) bond motifs is 1. The first-order valence-electron chi connectivity index (χ1n) is 10.2. The van der Waals surface area contributed by atoms with Crippen LogP contribution in [0.2, 0.25) is 0 Å². The Labute approximate surface area is 187 Å². The lowest BCUT2D eigenvalue weighted by Gasteiger charge is -2.26. The monoisotopic (exact) mass is 449 g/mol. The third-order valence-electron chi connectivity index (χ3n) is 5.02. The molecule has 0 spiro atoms. The molecule has 0 amide bonds. The van der Waals surface area contributed by atoms with Crippen molar-refractivity contribution in [2.75, 3.05) is 24.1 Å². The van der Waals surface area contributed by atoms with Gasteiger partial charge < -0.3 is 9.47 Å². The van der Waals surface area contributed by atoms with Crippen molar-refractivity contribution in [1.82, 2.24) is 0 Å². The van der Waals surface area contributed by atoms with Crippen LogP contribution in [-0.4, -0.2) is 34.0 Å². The Bertz CT molecular complexity index is 1250. The molecule has 164 valence electrons. The molecule has 0 saturated carbocycles. The molecular formula is C25H23NO5S. The first-order valence-corrected chi connectivity index (χ1v) is 11.6. The Hall–Kier alpha value is -3.58. The van der Waals surface area contributed by atoms with E-state index in [2.05, 4.69) is 0 Å². The van der Waals surface area contributed by atoms with E-state index in [0.717, 1.165) is 5.56 Å². The molecule has 7 heteroatoms.